The van der Waals surface area contributed by atoms with Crippen LogP contribution in [0.5, 0.6) is 0 Å². The van der Waals surface area contributed by atoms with Crippen LogP contribution in [0.4, 0.5) is 18.9 Å². The van der Waals surface area contributed by atoms with Crippen LogP contribution < -0.4 is 5.43 Å². The Labute approximate surface area is 116 Å². The molecule has 100 valence electrons. The highest BCUT2D eigenvalue weighted by atomic mass is 35.5. The third-order valence-electron chi connectivity index (χ3n) is 2.21. The Morgan fingerprint density at radius 1 is 1.26 bits per heavy atom. The zero-order chi connectivity index (χ0) is 13.9. The Morgan fingerprint density at radius 2 is 2.05 bits per heavy atom. The van der Waals surface area contributed by atoms with Crippen molar-refractivity contribution in [1.29, 1.82) is 0 Å². The number of nitrogens with zero attached hydrogens (tertiary/aromatic N) is 1. The minimum absolute atomic E-state index is 0.115. The molecule has 0 bridgehead atoms. The number of hydrogen-bond donors (Lipinski definition) is 1. The summed E-state index contributed by atoms with van der Waals surface area (Å²) in [7, 11) is 0. The Morgan fingerprint density at radius 3 is 2.68 bits per heavy atom. The van der Waals surface area contributed by atoms with Gasteiger partial charge < -0.3 is 0 Å². The van der Waals surface area contributed by atoms with Gasteiger partial charge in [0, 0.05) is 4.88 Å². The zero-order valence-corrected chi connectivity index (χ0v) is 11.0. The fourth-order valence-corrected chi connectivity index (χ4v) is 2.06. The van der Waals surface area contributed by atoms with Crippen molar-refractivity contribution in [3.8, 4) is 0 Å². The lowest BCUT2D eigenvalue weighted by Gasteiger charge is -2.09. The molecule has 0 aliphatic carbocycles. The van der Waals surface area contributed by atoms with Gasteiger partial charge in [-0.05, 0) is 29.6 Å². The number of anilines is 1. The van der Waals surface area contributed by atoms with Gasteiger partial charge in [0.05, 0.1) is 22.5 Å². The Balaban J connectivity index is 2.16. The summed E-state index contributed by atoms with van der Waals surface area (Å²) in [6, 6.07) is 6.73. The van der Waals surface area contributed by atoms with Crippen LogP contribution in [-0.4, -0.2) is 6.21 Å². The van der Waals surface area contributed by atoms with Gasteiger partial charge in [0.25, 0.3) is 0 Å². The molecule has 2 nitrogen and oxygen atoms in total. The molecule has 0 saturated carbocycles. The van der Waals surface area contributed by atoms with Crippen molar-refractivity contribution in [1.82, 2.24) is 0 Å². The van der Waals surface area contributed by atoms with Crippen LogP contribution in [0.15, 0.2) is 40.8 Å². The number of rotatable bonds is 3. The predicted octanol–water partition coefficient (Wildman–Crippen LogP) is 4.87. The highest BCUT2D eigenvalue weighted by Crippen LogP contribution is 2.33. The van der Waals surface area contributed by atoms with Crippen LogP contribution in [-0.2, 0) is 6.18 Å². The maximum absolute atomic E-state index is 12.5. The third kappa shape index (κ3) is 3.71. The predicted molar refractivity (Wildman–Crippen MR) is 72.0 cm³/mol. The van der Waals surface area contributed by atoms with Gasteiger partial charge in [0.1, 0.15) is 0 Å². The van der Waals surface area contributed by atoms with E-state index in [-0.39, 0.29) is 10.7 Å². The molecule has 1 aromatic heterocycles. The maximum Gasteiger partial charge on any atom is 0.416 e. The normalized spacial score (nSPS) is 12.0. The van der Waals surface area contributed by atoms with E-state index in [4.69, 9.17) is 11.6 Å². The minimum atomic E-state index is -4.40. The van der Waals surface area contributed by atoms with E-state index >= 15 is 0 Å². The summed E-state index contributed by atoms with van der Waals surface area (Å²) < 4.78 is 37.6. The molecule has 0 aliphatic rings. The molecule has 0 unspecified atom stereocenters. The van der Waals surface area contributed by atoms with Crippen molar-refractivity contribution < 1.29 is 13.2 Å². The second-order valence-corrected chi connectivity index (χ2v) is 4.96. The summed E-state index contributed by atoms with van der Waals surface area (Å²) in [5.41, 5.74) is 1.85. The summed E-state index contributed by atoms with van der Waals surface area (Å²) in [6.45, 7) is 0. The molecule has 2 aromatic rings. The SMILES string of the molecule is FC(F)(F)c1ccc(Cl)c(N/N=C/c2cccs2)c1. The number of hydrogen-bond acceptors (Lipinski definition) is 3. The third-order valence-corrected chi connectivity index (χ3v) is 3.35. The maximum atomic E-state index is 12.5. The largest absolute Gasteiger partial charge is 0.416 e. The minimum Gasteiger partial charge on any atom is -0.277 e. The van der Waals surface area contributed by atoms with Crippen molar-refractivity contribution in [2.45, 2.75) is 6.18 Å². The fourth-order valence-electron chi connectivity index (χ4n) is 1.32. The molecule has 0 fully saturated rings. The van der Waals surface area contributed by atoms with E-state index in [0.717, 1.165) is 17.0 Å². The van der Waals surface area contributed by atoms with Crippen molar-refractivity contribution in [2.24, 2.45) is 5.10 Å². The van der Waals surface area contributed by atoms with Gasteiger partial charge in [-0.2, -0.15) is 18.3 Å². The smallest absolute Gasteiger partial charge is 0.277 e. The van der Waals surface area contributed by atoms with Crippen LogP contribution in [0, 0.1) is 0 Å². The lowest BCUT2D eigenvalue weighted by atomic mass is 10.2. The number of alkyl halides is 3. The summed E-state index contributed by atoms with van der Waals surface area (Å²) in [5.74, 6) is 0. The van der Waals surface area contributed by atoms with Gasteiger partial charge in [-0.25, -0.2) is 0 Å². The first-order valence-electron chi connectivity index (χ1n) is 5.16. The lowest BCUT2D eigenvalue weighted by molar-refractivity contribution is -0.137. The first-order chi connectivity index (χ1) is 8.97. The number of hydrazone groups is 1. The molecule has 1 heterocycles. The highest BCUT2D eigenvalue weighted by molar-refractivity contribution is 7.11. The molecular weight excluding hydrogens is 297 g/mol. The average molecular weight is 305 g/mol. The van der Waals surface area contributed by atoms with Gasteiger partial charge in [-0.1, -0.05) is 17.7 Å². The molecule has 1 N–H and O–H groups in total. The van der Waals surface area contributed by atoms with Gasteiger partial charge in [-0.3, -0.25) is 5.43 Å². The van der Waals surface area contributed by atoms with Crippen LogP contribution in [0.3, 0.4) is 0 Å². The topological polar surface area (TPSA) is 24.4 Å². The van der Waals surface area contributed by atoms with Crippen LogP contribution in [0.2, 0.25) is 5.02 Å². The van der Waals surface area contributed by atoms with Crippen LogP contribution in [0.1, 0.15) is 10.4 Å². The van der Waals surface area contributed by atoms with E-state index in [1.807, 2.05) is 17.5 Å². The first kappa shape index (κ1) is 13.9. The summed E-state index contributed by atoms with van der Waals surface area (Å²) >= 11 is 7.27. The Bertz CT molecular complexity index is 579. The monoisotopic (exact) mass is 304 g/mol. The molecule has 0 amide bonds. The average Bonchev–Trinajstić information content (AvgIpc) is 2.83. The number of benzene rings is 1. The quantitative estimate of drug-likeness (QED) is 0.635. The van der Waals surface area contributed by atoms with Gasteiger partial charge in [0.15, 0.2) is 0 Å². The van der Waals surface area contributed by atoms with Crippen LogP contribution >= 0.6 is 22.9 Å². The number of halogens is 4. The Kier molecular flexibility index (Phi) is 4.11. The highest BCUT2D eigenvalue weighted by Gasteiger charge is 2.30. The molecule has 0 saturated heterocycles. The van der Waals surface area contributed by atoms with E-state index in [0.29, 0.717) is 0 Å². The van der Waals surface area contributed by atoms with Crippen molar-refractivity contribution >= 4 is 34.8 Å². The number of thiophene rings is 1. The summed E-state index contributed by atoms with van der Waals surface area (Å²) in [4.78, 5) is 0.885. The first-order valence-corrected chi connectivity index (χ1v) is 6.42. The van der Waals surface area contributed by atoms with Gasteiger partial charge >= 0.3 is 6.18 Å². The molecule has 0 atom stereocenters. The summed E-state index contributed by atoms with van der Waals surface area (Å²) in [5, 5.41) is 5.90. The summed E-state index contributed by atoms with van der Waals surface area (Å²) in [6.07, 6.45) is -2.89. The molecule has 0 aliphatic heterocycles. The fraction of sp³-hybridized carbons (Fsp3) is 0.0833. The van der Waals surface area contributed by atoms with Crippen molar-refractivity contribution in [3.05, 3.63) is 51.2 Å². The van der Waals surface area contributed by atoms with E-state index < -0.39 is 11.7 Å². The van der Waals surface area contributed by atoms with Gasteiger partial charge in [-0.15, -0.1) is 11.3 Å². The van der Waals surface area contributed by atoms with Crippen molar-refractivity contribution in [2.75, 3.05) is 5.43 Å². The van der Waals surface area contributed by atoms with E-state index in [1.165, 1.54) is 23.6 Å². The van der Waals surface area contributed by atoms with Crippen molar-refractivity contribution in [3.63, 3.8) is 0 Å². The molecule has 7 heteroatoms. The Hall–Kier alpha value is -1.53. The number of nitrogens with one attached hydrogen (secondary N) is 1. The molecule has 1 aromatic carbocycles. The second-order valence-electron chi connectivity index (χ2n) is 3.58. The van der Waals surface area contributed by atoms with Crippen LogP contribution in [0.25, 0.3) is 0 Å². The van der Waals surface area contributed by atoms with E-state index in [9.17, 15) is 13.2 Å². The molecular formula is C12H8ClF3N2S. The van der Waals surface area contributed by atoms with Gasteiger partial charge in [0.2, 0.25) is 0 Å². The lowest BCUT2D eigenvalue weighted by Crippen LogP contribution is -2.05. The molecule has 2 rings (SSSR count). The second kappa shape index (κ2) is 5.63. The molecule has 0 spiro atoms. The van der Waals surface area contributed by atoms with E-state index in [2.05, 4.69) is 10.5 Å². The molecule has 0 radical (unpaired) electrons. The van der Waals surface area contributed by atoms with E-state index in [1.54, 1.807) is 0 Å². The standard InChI is InChI=1S/C12H8ClF3N2S/c13-10-4-3-8(12(14,15)16)6-11(10)18-17-7-9-2-1-5-19-9/h1-7,18H/b17-7+. The zero-order valence-electron chi connectivity index (χ0n) is 9.41. The molecule has 19 heavy (non-hydrogen) atoms.